The molecule has 1 saturated heterocycles. The van der Waals surface area contributed by atoms with Gasteiger partial charge in [0, 0.05) is 36.7 Å². The van der Waals surface area contributed by atoms with Crippen LogP contribution in [0.25, 0.3) is 11.0 Å². The summed E-state index contributed by atoms with van der Waals surface area (Å²) >= 11 is 1.55. The predicted molar refractivity (Wildman–Crippen MR) is 121 cm³/mol. The molecule has 8 heteroatoms. The van der Waals surface area contributed by atoms with E-state index in [0.29, 0.717) is 24.3 Å². The number of hydrogen-bond donors (Lipinski definition) is 0. The number of aromatic nitrogens is 3. The quantitative estimate of drug-likeness (QED) is 0.422. The minimum absolute atomic E-state index is 0.200. The second-order valence-electron chi connectivity index (χ2n) is 8.08. The molecule has 164 valence electrons. The number of benzene rings is 1. The van der Waals surface area contributed by atoms with E-state index in [1.807, 2.05) is 17.9 Å². The highest BCUT2D eigenvalue weighted by molar-refractivity contribution is 7.98. The van der Waals surface area contributed by atoms with Gasteiger partial charge >= 0.3 is 5.63 Å². The molecule has 0 aliphatic carbocycles. The van der Waals surface area contributed by atoms with E-state index >= 15 is 0 Å². The van der Waals surface area contributed by atoms with Crippen molar-refractivity contribution in [1.82, 2.24) is 19.7 Å². The van der Waals surface area contributed by atoms with Crippen LogP contribution in [-0.4, -0.2) is 32.1 Å². The molecular formula is C23H28N4O3S. The van der Waals surface area contributed by atoms with Gasteiger partial charge in [0.1, 0.15) is 5.58 Å². The van der Waals surface area contributed by atoms with Gasteiger partial charge < -0.3 is 13.9 Å². The molecule has 3 heterocycles. The third kappa shape index (κ3) is 4.69. The van der Waals surface area contributed by atoms with Gasteiger partial charge in [-0.3, -0.25) is 4.79 Å². The van der Waals surface area contributed by atoms with Crippen molar-refractivity contribution in [2.24, 2.45) is 0 Å². The molecule has 0 radical (unpaired) electrons. The summed E-state index contributed by atoms with van der Waals surface area (Å²) < 4.78 is 7.47. The van der Waals surface area contributed by atoms with Gasteiger partial charge in [-0.1, -0.05) is 18.2 Å². The van der Waals surface area contributed by atoms with E-state index < -0.39 is 0 Å². The number of thioether (sulfide) groups is 1. The molecule has 1 aliphatic heterocycles. The first-order valence-corrected chi connectivity index (χ1v) is 11.8. The Morgan fingerprint density at radius 3 is 2.68 bits per heavy atom. The Bertz CT molecular complexity index is 1170. The van der Waals surface area contributed by atoms with E-state index in [1.54, 1.807) is 17.8 Å². The predicted octanol–water partition coefficient (Wildman–Crippen LogP) is 4.22. The average Bonchev–Trinajstić information content (AvgIpc) is 3.01. The molecule has 4 rings (SSSR count). The second-order valence-corrected chi connectivity index (χ2v) is 9.02. The lowest BCUT2D eigenvalue weighted by Crippen LogP contribution is -2.31. The highest BCUT2D eigenvalue weighted by Gasteiger charge is 2.21. The average molecular weight is 441 g/mol. The summed E-state index contributed by atoms with van der Waals surface area (Å²) in [5.74, 6) is 1.60. The van der Waals surface area contributed by atoms with E-state index in [-0.39, 0.29) is 11.5 Å². The molecule has 31 heavy (non-hydrogen) atoms. The minimum atomic E-state index is -0.344. The van der Waals surface area contributed by atoms with E-state index in [1.165, 1.54) is 0 Å². The maximum atomic E-state index is 12.4. The van der Waals surface area contributed by atoms with Gasteiger partial charge in [-0.05, 0) is 62.4 Å². The van der Waals surface area contributed by atoms with Crippen LogP contribution in [0.5, 0.6) is 0 Å². The molecule has 0 atom stereocenters. The van der Waals surface area contributed by atoms with Crippen LogP contribution in [0.15, 0.2) is 32.6 Å². The summed E-state index contributed by atoms with van der Waals surface area (Å²) in [5, 5.41) is 10.5. The van der Waals surface area contributed by atoms with E-state index in [9.17, 15) is 9.59 Å². The molecule has 0 unspecified atom stereocenters. The smallest absolute Gasteiger partial charge is 0.336 e. The Morgan fingerprint density at radius 2 is 1.87 bits per heavy atom. The van der Waals surface area contributed by atoms with E-state index in [2.05, 4.69) is 34.7 Å². The number of nitrogens with zero attached hydrogens (tertiary/aromatic N) is 4. The van der Waals surface area contributed by atoms with Crippen LogP contribution in [0, 0.1) is 13.8 Å². The molecule has 0 bridgehead atoms. The van der Waals surface area contributed by atoms with Crippen molar-refractivity contribution in [2.75, 3.05) is 6.54 Å². The second kappa shape index (κ2) is 9.26. The highest BCUT2D eigenvalue weighted by atomic mass is 32.2. The van der Waals surface area contributed by atoms with Crippen LogP contribution in [0.3, 0.4) is 0 Å². The number of fused-ring (bicyclic) bond motifs is 1. The van der Waals surface area contributed by atoms with Crippen LogP contribution in [0.1, 0.15) is 55.1 Å². The zero-order valence-electron chi connectivity index (χ0n) is 18.3. The first kappa shape index (κ1) is 21.6. The van der Waals surface area contributed by atoms with Gasteiger partial charge in [0.05, 0.1) is 6.54 Å². The molecule has 7 nitrogen and oxygen atoms in total. The summed E-state index contributed by atoms with van der Waals surface area (Å²) in [4.78, 5) is 26.3. The summed E-state index contributed by atoms with van der Waals surface area (Å²) in [6.07, 6.45) is 3.72. The monoisotopic (exact) mass is 440 g/mol. The fourth-order valence-electron chi connectivity index (χ4n) is 3.98. The Balaban J connectivity index is 1.56. The first-order valence-electron chi connectivity index (χ1n) is 10.8. The van der Waals surface area contributed by atoms with E-state index in [4.69, 9.17) is 4.42 Å². The van der Waals surface area contributed by atoms with Crippen molar-refractivity contribution in [3.63, 3.8) is 0 Å². The third-order valence-corrected chi connectivity index (χ3v) is 6.93. The van der Waals surface area contributed by atoms with Crippen LogP contribution >= 0.6 is 11.8 Å². The molecule has 1 aliphatic rings. The van der Waals surface area contributed by atoms with E-state index in [0.717, 1.165) is 65.4 Å². The van der Waals surface area contributed by atoms with Crippen molar-refractivity contribution in [2.45, 2.75) is 70.5 Å². The Labute approximate surface area is 185 Å². The number of amides is 1. The standard InChI is InChI=1S/C23H28N4O3S/c1-4-27-20(13-26-9-7-5-6-8-21(26)28)24-25-23(27)31-14-17-12-22(29)30-19-11-16(3)15(2)10-18(17)19/h10-12H,4-9,13-14H2,1-3H3. The van der Waals surface area contributed by atoms with Crippen molar-refractivity contribution < 1.29 is 9.21 Å². The first-order chi connectivity index (χ1) is 15.0. The number of aryl methyl sites for hydroxylation is 2. The molecule has 1 fully saturated rings. The zero-order chi connectivity index (χ0) is 22.0. The normalized spacial score (nSPS) is 14.9. The summed E-state index contributed by atoms with van der Waals surface area (Å²) in [5.41, 5.74) is 3.45. The van der Waals surface area contributed by atoms with Crippen LogP contribution in [0.4, 0.5) is 0 Å². The number of carbonyl (C=O) groups is 1. The molecule has 1 amide bonds. The molecule has 3 aromatic rings. The van der Waals surface area contributed by atoms with Crippen LogP contribution < -0.4 is 5.63 Å². The van der Waals surface area contributed by atoms with Gasteiger partial charge in [0.2, 0.25) is 5.91 Å². The van der Waals surface area contributed by atoms with Gasteiger partial charge in [-0.25, -0.2) is 4.79 Å². The molecule has 0 N–H and O–H groups in total. The van der Waals surface area contributed by atoms with Crippen molar-refractivity contribution in [1.29, 1.82) is 0 Å². The maximum absolute atomic E-state index is 12.4. The van der Waals surface area contributed by atoms with Crippen molar-refractivity contribution >= 4 is 28.6 Å². The van der Waals surface area contributed by atoms with Gasteiger partial charge in [0.15, 0.2) is 11.0 Å². The topological polar surface area (TPSA) is 81.2 Å². The zero-order valence-corrected chi connectivity index (χ0v) is 19.1. The third-order valence-electron chi connectivity index (χ3n) is 5.91. The Hall–Kier alpha value is -2.61. The lowest BCUT2D eigenvalue weighted by Gasteiger charge is -2.20. The number of carbonyl (C=O) groups excluding carboxylic acids is 1. The van der Waals surface area contributed by atoms with Gasteiger partial charge in [0.25, 0.3) is 0 Å². The number of rotatable bonds is 6. The van der Waals surface area contributed by atoms with Crippen LogP contribution in [-0.2, 0) is 23.6 Å². The molecular weight excluding hydrogens is 412 g/mol. The minimum Gasteiger partial charge on any atom is -0.423 e. The Morgan fingerprint density at radius 1 is 1.06 bits per heavy atom. The highest BCUT2D eigenvalue weighted by Crippen LogP contribution is 2.28. The summed E-state index contributed by atoms with van der Waals surface area (Å²) in [6.45, 7) is 8.12. The lowest BCUT2D eigenvalue weighted by atomic mass is 10.0. The Kier molecular flexibility index (Phi) is 6.46. The van der Waals surface area contributed by atoms with Crippen molar-refractivity contribution in [3.05, 3.63) is 51.1 Å². The maximum Gasteiger partial charge on any atom is 0.336 e. The summed E-state index contributed by atoms with van der Waals surface area (Å²) in [7, 11) is 0. The summed E-state index contributed by atoms with van der Waals surface area (Å²) in [6, 6.07) is 5.56. The molecule has 0 saturated carbocycles. The lowest BCUT2D eigenvalue weighted by molar-refractivity contribution is -0.131. The van der Waals surface area contributed by atoms with Gasteiger partial charge in [-0.2, -0.15) is 0 Å². The fraction of sp³-hybridized carbons (Fsp3) is 0.478. The fourth-order valence-corrected chi connectivity index (χ4v) is 4.99. The van der Waals surface area contributed by atoms with Gasteiger partial charge in [-0.15, -0.1) is 10.2 Å². The largest absolute Gasteiger partial charge is 0.423 e. The molecule has 2 aromatic heterocycles. The molecule has 0 spiro atoms. The SMILES string of the molecule is CCn1c(CN2CCCCCC2=O)nnc1SCc1cc(=O)oc2cc(C)c(C)cc12. The molecule has 1 aromatic carbocycles. The van der Waals surface area contributed by atoms with Crippen LogP contribution in [0.2, 0.25) is 0 Å². The number of hydrogen-bond acceptors (Lipinski definition) is 6. The van der Waals surface area contributed by atoms with Crippen molar-refractivity contribution in [3.8, 4) is 0 Å². The number of likely N-dealkylation sites (tertiary alicyclic amines) is 1.